The van der Waals surface area contributed by atoms with Crippen LogP contribution in [0.3, 0.4) is 0 Å². The number of rotatable bonds is 2. The first-order chi connectivity index (χ1) is 9.77. The molecular formula is C14H8Cl2F3NO. The molecule has 2 aromatic rings. The lowest BCUT2D eigenvalue weighted by atomic mass is 10.1. The van der Waals surface area contributed by atoms with E-state index in [9.17, 15) is 18.0 Å². The third-order valence-electron chi connectivity index (χ3n) is 2.63. The van der Waals surface area contributed by atoms with Crippen molar-refractivity contribution in [3.8, 4) is 0 Å². The standard InChI is InChI=1S/C14H8Cl2F3NO/c15-10-3-1-2-8(6-10)13(21)20-12-5-4-9(7-11(12)16)14(17,18)19/h1-7H,(H,20,21). The van der Waals surface area contributed by atoms with Crippen LogP contribution in [0.5, 0.6) is 0 Å². The molecule has 1 N–H and O–H groups in total. The smallest absolute Gasteiger partial charge is 0.321 e. The van der Waals surface area contributed by atoms with Crippen LogP contribution in [0.2, 0.25) is 10.0 Å². The van der Waals surface area contributed by atoms with E-state index in [1.54, 1.807) is 12.1 Å². The molecule has 2 rings (SSSR count). The second-order valence-corrected chi connectivity index (χ2v) is 5.00. The number of carbonyl (C=O) groups excluding carboxylic acids is 1. The fourth-order valence-corrected chi connectivity index (χ4v) is 2.04. The average molecular weight is 334 g/mol. The van der Waals surface area contributed by atoms with Crippen molar-refractivity contribution in [3.63, 3.8) is 0 Å². The van der Waals surface area contributed by atoms with Crippen LogP contribution in [-0.2, 0) is 6.18 Å². The molecule has 0 saturated heterocycles. The zero-order valence-electron chi connectivity index (χ0n) is 10.3. The highest BCUT2D eigenvalue weighted by molar-refractivity contribution is 6.34. The molecule has 0 atom stereocenters. The van der Waals surface area contributed by atoms with Gasteiger partial charge in [0.1, 0.15) is 0 Å². The predicted octanol–water partition coefficient (Wildman–Crippen LogP) is 5.26. The van der Waals surface area contributed by atoms with Crippen molar-refractivity contribution in [1.29, 1.82) is 0 Å². The molecule has 0 aliphatic rings. The van der Waals surface area contributed by atoms with Gasteiger partial charge in [0, 0.05) is 10.6 Å². The summed E-state index contributed by atoms with van der Waals surface area (Å²) in [6.07, 6.45) is -4.49. The Labute approximate surface area is 128 Å². The van der Waals surface area contributed by atoms with Crippen molar-refractivity contribution in [2.24, 2.45) is 0 Å². The van der Waals surface area contributed by atoms with Gasteiger partial charge < -0.3 is 5.32 Å². The van der Waals surface area contributed by atoms with Crippen molar-refractivity contribution < 1.29 is 18.0 Å². The number of halogens is 5. The average Bonchev–Trinajstić information content (AvgIpc) is 2.39. The third-order valence-corrected chi connectivity index (χ3v) is 3.18. The third kappa shape index (κ3) is 3.89. The number of nitrogens with one attached hydrogen (secondary N) is 1. The van der Waals surface area contributed by atoms with Crippen molar-refractivity contribution in [3.05, 3.63) is 63.6 Å². The van der Waals surface area contributed by atoms with E-state index in [2.05, 4.69) is 5.32 Å². The Hall–Kier alpha value is -1.72. The molecule has 2 aromatic carbocycles. The highest BCUT2D eigenvalue weighted by atomic mass is 35.5. The summed E-state index contributed by atoms with van der Waals surface area (Å²) >= 11 is 11.5. The molecule has 0 bridgehead atoms. The van der Waals surface area contributed by atoms with Gasteiger partial charge in [-0.1, -0.05) is 29.3 Å². The monoisotopic (exact) mass is 333 g/mol. The van der Waals surface area contributed by atoms with Gasteiger partial charge >= 0.3 is 6.18 Å². The molecule has 0 aliphatic carbocycles. The molecule has 0 radical (unpaired) electrons. The molecule has 1 amide bonds. The molecule has 0 heterocycles. The number of benzene rings is 2. The normalized spacial score (nSPS) is 11.3. The van der Waals surface area contributed by atoms with Gasteiger partial charge in [0.2, 0.25) is 0 Å². The zero-order chi connectivity index (χ0) is 15.6. The summed E-state index contributed by atoms with van der Waals surface area (Å²) in [6.45, 7) is 0. The molecular weight excluding hydrogens is 326 g/mol. The van der Waals surface area contributed by atoms with E-state index in [-0.39, 0.29) is 16.3 Å². The summed E-state index contributed by atoms with van der Waals surface area (Å²) in [7, 11) is 0. The van der Waals surface area contributed by atoms with E-state index in [1.807, 2.05) is 0 Å². The van der Waals surface area contributed by atoms with Gasteiger partial charge in [0.15, 0.2) is 0 Å². The second-order valence-electron chi connectivity index (χ2n) is 4.16. The number of alkyl halides is 3. The van der Waals surface area contributed by atoms with Crippen LogP contribution in [-0.4, -0.2) is 5.91 Å². The molecule has 7 heteroatoms. The Kier molecular flexibility index (Phi) is 4.44. The van der Waals surface area contributed by atoms with Crippen LogP contribution in [0.1, 0.15) is 15.9 Å². The van der Waals surface area contributed by atoms with Crippen molar-refractivity contribution in [2.45, 2.75) is 6.18 Å². The van der Waals surface area contributed by atoms with Crippen LogP contribution in [0, 0.1) is 0 Å². The zero-order valence-corrected chi connectivity index (χ0v) is 11.9. The van der Waals surface area contributed by atoms with Crippen LogP contribution < -0.4 is 5.32 Å². The summed E-state index contributed by atoms with van der Waals surface area (Å²) in [4.78, 5) is 11.9. The largest absolute Gasteiger partial charge is 0.416 e. The van der Waals surface area contributed by atoms with Crippen LogP contribution in [0.25, 0.3) is 0 Å². The van der Waals surface area contributed by atoms with Gasteiger partial charge in [0.25, 0.3) is 5.91 Å². The Morgan fingerprint density at radius 3 is 2.33 bits per heavy atom. The maximum atomic E-state index is 12.5. The summed E-state index contributed by atoms with van der Waals surface area (Å²) in [6, 6.07) is 8.87. The lowest BCUT2D eigenvalue weighted by molar-refractivity contribution is -0.137. The van der Waals surface area contributed by atoms with Crippen LogP contribution in [0.4, 0.5) is 18.9 Å². The summed E-state index contributed by atoms with van der Waals surface area (Å²) in [5.41, 5.74) is -0.513. The lowest BCUT2D eigenvalue weighted by Gasteiger charge is -2.11. The van der Waals surface area contributed by atoms with Crippen LogP contribution in [0.15, 0.2) is 42.5 Å². The SMILES string of the molecule is O=C(Nc1ccc(C(F)(F)F)cc1Cl)c1cccc(Cl)c1. The van der Waals surface area contributed by atoms with Gasteiger partial charge in [-0.2, -0.15) is 13.2 Å². The molecule has 21 heavy (non-hydrogen) atoms. The first kappa shape index (κ1) is 15.7. The maximum absolute atomic E-state index is 12.5. The van der Waals surface area contributed by atoms with Gasteiger partial charge in [-0.05, 0) is 36.4 Å². The maximum Gasteiger partial charge on any atom is 0.416 e. The van der Waals surface area contributed by atoms with Crippen molar-refractivity contribution in [2.75, 3.05) is 5.32 Å². The van der Waals surface area contributed by atoms with Gasteiger partial charge in [0.05, 0.1) is 16.3 Å². The quantitative estimate of drug-likeness (QED) is 0.797. The fraction of sp³-hybridized carbons (Fsp3) is 0.0714. The minimum Gasteiger partial charge on any atom is -0.321 e. The molecule has 0 unspecified atom stereocenters. The molecule has 0 fully saturated rings. The minimum absolute atomic E-state index is 0.0923. The number of hydrogen-bond acceptors (Lipinski definition) is 1. The Bertz CT molecular complexity index is 686. The summed E-state index contributed by atoms with van der Waals surface area (Å²) in [5.74, 6) is -0.515. The molecule has 2 nitrogen and oxygen atoms in total. The van der Waals surface area contributed by atoms with E-state index >= 15 is 0 Å². The van der Waals surface area contributed by atoms with E-state index in [0.29, 0.717) is 5.02 Å². The highest BCUT2D eigenvalue weighted by Crippen LogP contribution is 2.33. The van der Waals surface area contributed by atoms with Crippen LogP contribution >= 0.6 is 23.2 Å². The van der Waals surface area contributed by atoms with Crippen molar-refractivity contribution in [1.82, 2.24) is 0 Å². The molecule has 0 saturated carbocycles. The molecule has 0 spiro atoms. The Balaban J connectivity index is 2.22. The minimum atomic E-state index is -4.49. The first-order valence-corrected chi connectivity index (χ1v) is 6.46. The predicted molar refractivity (Wildman–Crippen MR) is 75.9 cm³/mol. The Morgan fingerprint density at radius 2 is 1.76 bits per heavy atom. The van der Waals surface area contributed by atoms with Gasteiger partial charge in [-0.25, -0.2) is 0 Å². The number of carbonyl (C=O) groups is 1. The van der Waals surface area contributed by atoms with Gasteiger partial charge in [-0.15, -0.1) is 0 Å². The second kappa shape index (κ2) is 5.95. The Morgan fingerprint density at radius 1 is 1.05 bits per heavy atom. The summed E-state index contributed by atoms with van der Waals surface area (Å²) in [5, 5.41) is 2.62. The fourth-order valence-electron chi connectivity index (χ4n) is 1.62. The van der Waals surface area contributed by atoms with E-state index in [0.717, 1.165) is 18.2 Å². The topological polar surface area (TPSA) is 29.1 Å². The molecule has 0 aromatic heterocycles. The summed E-state index contributed by atoms with van der Waals surface area (Å²) < 4.78 is 37.5. The van der Waals surface area contributed by atoms with E-state index < -0.39 is 17.6 Å². The van der Waals surface area contributed by atoms with Gasteiger partial charge in [-0.3, -0.25) is 4.79 Å². The highest BCUT2D eigenvalue weighted by Gasteiger charge is 2.31. The van der Waals surface area contributed by atoms with Crippen molar-refractivity contribution >= 4 is 34.8 Å². The molecule has 110 valence electrons. The van der Waals surface area contributed by atoms with E-state index in [4.69, 9.17) is 23.2 Å². The number of amides is 1. The molecule has 0 aliphatic heterocycles. The number of anilines is 1. The number of hydrogen-bond donors (Lipinski definition) is 1. The van der Waals surface area contributed by atoms with E-state index in [1.165, 1.54) is 12.1 Å². The lowest BCUT2D eigenvalue weighted by Crippen LogP contribution is -2.13. The first-order valence-electron chi connectivity index (χ1n) is 5.71.